The molecule has 4 nitrogen and oxygen atoms in total. The molecule has 4 heteroatoms. The zero-order valence-corrected chi connectivity index (χ0v) is 13.0. The van der Waals surface area contributed by atoms with E-state index in [2.05, 4.69) is 6.92 Å². The molecular formula is C15H31NO3. The molecule has 0 heterocycles. The molecule has 0 spiro atoms. The fourth-order valence-corrected chi connectivity index (χ4v) is 2.73. The van der Waals surface area contributed by atoms with Crippen molar-refractivity contribution in [3.63, 3.8) is 0 Å². The maximum atomic E-state index is 11.1. The zero-order valence-electron chi connectivity index (χ0n) is 13.0. The van der Waals surface area contributed by atoms with Crippen molar-refractivity contribution < 1.29 is 19.5 Å². The summed E-state index contributed by atoms with van der Waals surface area (Å²) in [5.74, 6) is -1.03. The number of hydrogen-bond acceptors (Lipinski definition) is 3. The minimum absolute atomic E-state index is 0.400. The first-order valence-electron chi connectivity index (χ1n) is 7.68. The number of carboxylic acid groups (broad SMARTS) is 1. The van der Waals surface area contributed by atoms with Crippen molar-refractivity contribution in [1.82, 2.24) is 0 Å². The highest BCUT2D eigenvalue weighted by Gasteiger charge is 2.33. The van der Waals surface area contributed by atoms with Gasteiger partial charge in [-0.3, -0.25) is 0 Å². The summed E-state index contributed by atoms with van der Waals surface area (Å²) in [6.07, 6.45) is 4.88. The summed E-state index contributed by atoms with van der Waals surface area (Å²) in [5.41, 5.74) is 0. The Bertz CT molecular complexity index is 252. The van der Waals surface area contributed by atoms with Crippen molar-refractivity contribution in [3.05, 3.63) is 0 Å². The number of hydrogen-bond donors (Lipinski definition) is 1. The van der Waals surface area contributed by atoms with E-state index in [9.17, 15) is 15.0 Å². The number of aliphatic hydroxyl groups is 1. The highest BCUT2D eigenvalue weighted by molar-refractivity contribution is 5.69. The molecule has 0 radical (unpaired) electrons. The van der Waals surface area contributed by atoms with Gasteiger partial charge in [0, 0.05) is 0 Å². The highest BCUT2D eigenvalue weighted by atomic mass is 16.4. The van der Waals surface area contributed by atoms with Gasteiger partial charge in [-0.15, -0.1) is 0 Å². The first kappa shape index (κ1) is 18.4. The Kier molecular flexibility index (Phi) is 9.02. The minimum atomic E-state index is -1.03. The first-order chi connectivity index (χ1) is 8.93. The minimum Gasteiger partial charge on any atom is -0.544 e. The molecule has 1 N–H and O–H groups in total. The lowest BCUT2D eigenvalue weighted by atomic mass is 10.1. The Morgan fingerprint density at radius 1 is 1.16 bits per heavy atom. The number of aliphatic carboxylic acids is 1. The quantitative estimate of drug-likeness (QED) is 0.456. The average Bonchev–Trinajstić information content (AvgIpc) is 2.40. The number of carboxylic acids is 1. The summed E-state index contributed by atoms with van der Waals surface area (Å²) in [6, 6.07) is -0.569. The van der Waals surface area contributed by atoms with Gasteiger partial charge in [0.2, 0.25) is 0 Å². The van der Waals surface area contributed by atoms with Crippen molar-refractivity contribution in [2.24, 2.45) is 0 Å². The van der Waals surface area contributed by atoms with Crippen molar-refractivity contribution in [2.75, 3.05) is 19.6 Å². The highest BCUT2D eigenvalue weighted by Crippen LogP contribution is 2.17. The molecule has 19 heavy (non-hydrogen) atoms. The smallest absolute Gasteiger partial charge is 0.126 e. The predicted molar refractivity (Wildman–Crippen MR) is 75.4 cm³/mol. The maximum Gasteiger partial charge on any atom is 0.126 e. The van der Waals surface area contributed by atoms with E-state index >= 15 is 0 Å². The van der Waals surface area contributed by atoms with E-state index in [4.69, 9.17) is 0 Å². The fourth-order valence-electron chi connectivity index (χ4n) is 2.73. The van der Waals surface area contributed by atoms with E-state index < -0.39 is 18.1 Å². The molecule has 0 rings (SSSR count). The summed E-state index contributed by atoms with van der Waals surface area (Å²) in [6.45, 7) is 9.73. The molecule has 0 aliphatic carbocycles. The van der Waals surface area contributed by atoms with E-state index in [0.717, 1.165) is 19.3 Å². The lowest BCUT2D eigenvalue weighted by Gasteiger charge is -2.43. The van der Waals surface area contributed by atoms with Gasteiger partial charge in [-0.1, -0.05) is 32.6 Å². The van der Waals surface area contributed by atoms with Crippen LogP contribution in [-0.2, 0) is 4.79 Å². The average molecular weight is 273 g/mol. The van der Waals surface area contributed by atoms with Crippen LogP contribution in [0.4, 0.5) is 0 Å². The van der Waals surface area contributed by atoms with E-state index in [-0.39, 0.29) is 0 Å². The van der Waals surface area contributed by atoms with Gasteiger partial charge in [0.15, 0.2) is 0 Å². The van der Waals surface area contributed by atoms with Gasteiger partial charge in [-0.05, 0) is 27.2 Å². The molecule has 114 valence electrons. The molecule has 0 aliphatic heterocycles. The van der Waals surface area contributed by atoms with E-state index in [0.29, 0.717) is 24.1 Å². The number of carbonyl (C=O) groups excluding carboxylic acids is 1. The molecule has 0 bridgehead atoms. The monoisotopic (exact) mass is 273 g/mol. The third-order valence-electron chi connectivity index (χ3n) is 4.39. The molecule has 0 aliphatic rings. The van der Waals surface area contributed by atoms with Gasteiger partial charge in [-0.2, -0.15) is 0 Å². The van der Waals surface area contributed by atoms with Crippen molar-refractivity contribution in [3.8, 4) is 0 Å². The van der Waals surface area contributed by atoms with Gasteiger partial charge >= 0.3 is 0 Å². The second-order valence-corrected chi connectivity index (χ2v) is 5.53. The number of unbranched alkanes of at least 4 members (excludes halogenated alkanes) is 3. The van der Waals surface area contributed by atoms with Crippen LogP contribution in [0.5, 0.6) is 0 Å². The standard InChI is InChI=1S/C15H31NO3/c1-5-8-9-10-11-14(17)12-16(6-2,7-3)13(4)15(18)19/h13-14,17H,5-12H2,1-4H3. The fraction of sp³-hybridized carbons (Fsp3) is 0.933. The summed E-state index contributed by atoms with van der Waals surface area (Å²) in [7, 11) is 0. The maximum absolute atomic E-state index is 11.1. The summed E-state index contributed by atoms with van der Waals surface area (Å²) < 4.78 is 0.400. The van der Waals surface area contributed by atoms with Gasteiger partial charge in [-0.25, -0.2) is 0 Å². The first-order valence-corrected chi connectivity index (χ1v) is 7.68. The predicted octanol–water partition coefficient (Wildman–Crippen LogP) is 1.31. The van der Waals surface area contributed by atoms with Crippen LogP contribution in [0.3, 0.4) is 0 Å². The van der Waals surface area contributed by atoms with E-state index in [1.54, 1.807) is 6.92 Å². The molecule has 0 saturated carbocycles. The third-order valence-corrected chi connectivity index (χ3v) is 4.39. The van der Waals surface area contributed by atoms with Crippen molar-refractivity contribution in [1.29, 1.82) is 0 Å². The summed E-state index contributed by atoms with van der Waals surface area (Å²) in [5, 5.41) is 21.3. The molecule has 0 saturated heterocycles. The zero-order chi connectivity index (χ0) is 14.9. The van der Waals surface area contributed by atoms with Gasteiger partial charge in [0.25, 0.3) is 0 Å². The number of likely N-dealkylation sites (N-methyl/N-ethyl adjacent to an activating group) is 1. The number of rotatable bonds is 11. The Balaban J connectivity index is 4.44. The van der Waals surface area contributed by atoms with Gasteiger partial charge in [0.05, 0.1) is 19.1 Å². The molecule has 0 fully saturated rings. The van der Waals surface area contributed by atoms with Gasteiger partial charge in [0.1, 0.15) is 18.7 Å². The van der Waals surface area contributed by atoms with Crippen molar-refractivity contribution in [2.45, 2.75) is 71.9 Å². The molecule has 0 aromatic heterocycles. The molecule has 2 atom stereocenters. The van der Waals surface area contributed by atoms with E-state index in [1.807, 2.05) is 13.8 Å². The topological polar surface area (TPSA) is 60.4 Å². The number of nitrogens with zero attached hydrogens (tertiary/aromatic N) is 1. The second kappa shape index (κ2) is 9.32. The molecular weight excluding hydrogens is 242 g/mol. The Labute approximate surface area is 118 Å². The van der Waals surface area contributed by atoms with Crippen LogP contribution in [0, 0.1) is 0 Å². The van der Waals surface area contributed by atoms with Crippen LogP contribution in [0.1, 0.15) is 59.8 Å². The number of carbonyl (C=O) groups is 1. The third kappa shape index (κ3) is 5.91. The number of quaternary nitrogens is 1. The van der Waals surface area contributed by atoms with Crippen LogP contribution in [-0.4, -0.2) is 47.3 Å². The lowest BCUT2D eigenvalue weighted by molar-refractivity contribution is -0.942. The summed E-state index contributed by atoms with van der Waals surface area (Å²) in [4.78, 5) is 11.1. The molecule has 0 aromatic carbocycles. The van der Waals surface area contributed by atoms with Crippen LogP contribution in [0.2, 0.25) is 0 Å². The van der Waals surface area contributed by atoms with Gasteiger partial charge < -0.3 is 19.5 Å². The Morgan fingerprint density at radius 3 is 2.16 bits per heavy atom. The lowest BCUT2D eigenvalue weighted by Crippen LogP contribution is -2.62. The normalized spacial score (nSPS) is 15.2. The van der Waals surface area contributed by atoms with Crippen molar-refractivity contribution >= 4 is 5.97 Å². The number of aliphatic hydroxyl groups excluding tert-OH is 1. The molecule has 0 aromatic rings. The molecule has 0 amide bonds. The largest absolute Gasteiger partial charge is 0.544 e. The second-order valence-electron chi connectivity index (χ2n) is 5.53. The Hall–Kier alpha value is -0.610. The summed E-state index contributed by atoms with van der Waals surface area (Å²) >= 11 is 0. The molecule has 2 unspecified atom stereocenters. The SMILES string of the molecule is CCCCCCC(O)C[N+](CC)(CC)C(C)C(=O)[O-]. The Morgan fingerprint density at radius 2 is 1.74 bits per heavy atom. The van der Waals surface area contributed by atoms with Crippen LogP contribution >= 0.6 is 0 Å². The van der Waals surface area contributed by atoms with Crippen LogP contribution in [0.15, 0.2) is 0 Å². The van der Waals surface area contributed by atoms with Crippen LogP contribution < -0.4 is 5.11 Å². The van der Waals surface area contributed by atoms with Crippen LogP contribution in [0.25, 0.3) is 0 Å². The van der Waals surface area contributed by atoms with E-state index in [1.165, 1.54) is 12.8 Å².